The number of benzene rings is 2. The van der Waals surface area contributed by atoms with E-state index in [4.69, 9.17) is 0 Å². The third kappa shape index (κ3) is 3.12. The van der Waals surface area contributed by atoms with E-state index in [0.717, 1.165) is 11.1 Å². The van der Waals surface area contributed by atoms with Crippen molar-refractivity contribution in [1.29, 1.82) is 0 Å². The van der Waals surface area contributed by atoms with Crippen molar-refractivity contribution in [2.75, 3.05) is 0 Å². The fraction of sp³-hybridized carbons (Fsp3) is 0.222. The molecule has 0 saturated heterocycles. The summed E-state index contributed by atoms with van der Waals surface area (Å²) >= 11 is 0. The smallest absolute Gasteiger partial charge is 0.0762 e. The zero-order chi connectivity index (χ0) is 13.7. The number of rotatable bonds is 5. The largest absolute Gasteiger partial charge is 0.389 e. The molecule has 0 aliphatic rings. The third-order valence-corrected chi connectivity index (χ3v) is 3.45. The summed E-state index contributed by atoms with van der Waals surface area (Å²) in [5, 5.41) is 10.8. The molecule has 0 aliphatic heterocycles. The van der Waals surface area contributed by atoms with Crippen LogP contribution < -0.4 is 0 Å². The number of aliphatic hydroxyl groups is 1. The van der Waals surface area contributed by atoms with Gasteiger partial charge >= 0.3 is 0 Å². The van der Waals surface area contributed by atoms with Crippen molar-refractivity contribution >= 4 is 0 Å². The maximum absolute atomic E-state index is 10.8. The predicted molar refractivity (Wildman–Crippen MR) is 80.2 cm³/mol. The van der Waals surface area contributed by atoms with Crippen molar-refractivity contribution in [2.45, 2.75) is 24.9 Å². The lowest BCUT2D eigenvalue weighted by atomic mass is 9.77. The highest BCUT2D eigenvalue weighted by Gasteiger charge is 2.33. The minimum absolute atomic E-state index is 0.0482. The van der Waals surface area contributed by atoms with E-state index in [1.54, 1.807) is 6.08 Å². The molecule has 2 aromatic carbocycles. The fourth-order valence-electron chi connectivity index (χ4n) is 2.61. The van der Waals surface area contributed by atoms with Gasteiger partial charge in [-0.3, -0.25) is 0 Å². The van der Waals surface area contributed by atoms with E-state index in [0.29, 0.717) is 6.42 Å². The lowest BCUT2D eigenvalue weighted by molar-refractivity contribution is 0.0459. The molecule has 0 heterocycles. The average Bonchev–Trinajstić information content (AvgIpc) is 2.41. The van der Waals surface area contributed by atoms with Crippen LogP contribution in [0, 0.1) is 0 Å². The highest BCUT2D eigenvalue weighted by Crippen LogP contribution is 2.36. The normalized spacial score (nSPS) is 14.1. The Morgan fingerprint density at radius 3 is 1.79 bits per heavy atom. The molecule has 2 rings (SSSR count). The van der Waals surface area contributed by atoms with Crippen molar-refractivity contribution in [1.82, 2.24) is 0 Å². The Kier molecular flexibility index (Phi) is 4.18. The average molecular weight is 252 g/mol. The number of hydrogen-bond acceptors (Lipinski definition) is 1. The number of hydrogen-bond donors (Lipinski definition) is 1. The molecule has 0 aliphatic carbocycles. The van der Waals surface area contributed by atoms with Crippen molar-refractivity contribution in [3.8, 4) is 0 Å². The van der Waals surface area contributed by atoms with E-state index in [2.05, 4.69) is 30.8 Å². The summed E-state index contributed by atoms with van der Waals surface area (Å²) in [4.78, 5) is 0. The van der Waals surface area contributed by atoms with Gasteiger partial charge in [-0.1, -0.05) is 66.7 Å². The van der Waals surface area contributed by atoms with Gasteiger partial charge < -0.3 is 5.11 Å². The van der Waals surface area contributed by atoms with Gasteiger partial charge in [0.15, 0.2) is 0 Å². The quantitative estimate of drug-likeness (QED) is 0.793. The summed E-state index contributed by atoms with van der Waals surface area (Å²) in [7, 11) is 0. The van der Waals surface area contributed by atoms with Gasteiger partial charge in [-0.25, -0.2) is 0 Å². The molecule has 0 radical (unpaired) electrons. The molecule has 98 valence electrons. The van der Waals surface area contributed by atoms with E-state index in [1.165, 1.54) is 0 Å². The lowest BCUT2D eigenvalue weighted by Crippen LogP contribution is -2.33. The molecule has 2 aromatic rings. The van der Waals surface area contributed by atoms with Crippen LogP contribution >= 0.6 is 0 Å². The molecule has 0 saturated carbocycles. The van der Waals surface area contributed by atoms with E-state index in [1.807, 2.05) is 43.3 Å². The Morgan fingerprint density at radius 2 is 1.42 bits per heavy atom. The topological polar surface area (TPSA) is 20.2 Å². The Bertz CT molecular complexity index is 474. The molecule has 1 heteroatoms. The minimum Gasteiger partial charge on any atom is -0.389 e. The minimum atomic E-state index is -0.843. The molecule has 1 N–H and O–H groups in total. The molecular weight excluding hydrogens is 232 g/mol. The van der Waals surface area contributed by atoms with E-state index in [9.17, 15) is 5.11 Å². The van der Waals surface area contributed by atoms with Crippen molar-refractivity contribution < 1.29 is 5.11 Å². The molecule has 0 bridgehead atoms. The van der Waals surface area contributed by atoms with Gasteiger partial charge in [0.2, 0.25) is 0 Å². The first-order valence-electron chi connectivity index (χ1n) is 6.58. The fourth-order valence-corrected chi connectivity index (χ4v) is 2.61. The molecule has 0 spiro atoms. The van der Waals surface area contributed by atoms with Crippen LogP contribution in [0.1, 0.15) is 30.4 Å². The van der Waals surface area contributed by atoms with Gasteiger partial charge in [-0.2, -0.15) is 0 Å². The van der Waals surface area contributed by atoms with Gasteiger partial charge in [0.25, 0.3) is 0 Å². The first-order chi connectivity index (χ1) is 9.15. The first kappa shape index (κ1) is 13.6. The van der Waals surface area contributed by atoms with E-state index in [-0.39, 0.29) is 5.92 Å². The second-order valence-corrected chi connectivity index (χ2v) is 5.10. The van der Waals surface area contributed by atoms with Gasteiger partial charge in [-0.15, -0.1) is 6.58 Å². The van der Waals surface area contributed by atoms with Crippen LogP contribution in [0.5, 0.6) is 0 Å². The van der Waals surface area contributed by atoms with E-state index >= 15 is 0 Å². The Balaban J connectivity index is 2.48. The maximum atomic E-state index is 10.8. The van der Waals surface area contributed by atoms with Gasteiger partial charge in [0, 0.05) is 5.92 Å². The van der Waals surface area contributed by atoms with Crippen molar-refractivity contribution in [2.24, 2.45) is 0 Å². The van der Waals surface area contributed by atoms with E-state index < -0.39 is 5.60 Å². The maximum Gasteiger partial charge on any atom is 0.0762 e. The molecule has 0 amide bonds. The van der Waals surface area contributed by atoms with Crippen LogP contribution in [-0.2, 0) is 0 Å². The zero-order valence-electron chi connectivity index (χ0n) is 11.3. The summed E-state index contributed by atoms with van der Waals surface area (Å²) in [6, 6.07) is 20.3. The molecule has 0 aromatic heterocycles. The Hall–Kier alpha value is -1.86. The molecule has 19 heavy (non-hydrogen) atoms. The summed E-state index contributed by atoms with van der Waals surface area (Å²) in [5.74, 6) is -0.0482. The molecule has 1 nitrogen and oxygen atoms in total. The second kappa shape index (κ2) is 5.85. The van der Waals surface area contributed by atoms with Crippen LogP contribution in [0.15, 0.2) is 73.3 Å². The molecule has 1 atom stereocenters. The van der Waals surface area contributed by atoms with Gasteiger partial charge in [0.1, 0.15) is 0 Å². The van der Waals surface area contributed by atoms with Gasteiger partial charge in [0.05, 0.1) is 5.60 Å². The monoisotopic (exact) mass is 252 g/mol. The summed E-state index contributed by atoms with van der Waals surface area (Å²) in [6.45, 7) is 5.63. The third-order valence-electron chi connectivity index (χ3n) is 3.45. The molecular formula is C18H20O. The van der Waals surface area contributed by atoms with Crippen LogP contribution in [-0.4, -0.2) is 10.7 Å². The van der Waals surface area contributed by atoms with Crippen LogP contribution in [0.4, 0.5) is 0 Å². The van der Waals surface area contributed by atoms with Crippen molar-refractivity contribution in [3.63, 3.8) is 0 Å². The SMILES string of the molecule is C=CC[C@](C)(O)C(c1ccccc1)c1ccccc1. The molecule has 0 fully saturated rings. The van der Waals surface area contributed by atoms with Crippen LogP contribution in [0.25, 0.3) is 0 Å². The zero-order valence-corrected chi connectivity index (χ0v) is 11.3. The highest BCUT2D eigenvalue weighted by molar-refractivity contribution is 5.35. The second-order valence-electron chi connectivity index (χ2n) is 5.10. The van der Waals surface area contributed by atoms with Crippen molar-refractivity contribution in [3.05, 3.63) is 84.4 Å². The summed E-state index contributed by atoms with van der Waals surface area (Å²) in [5.41, 5.74) is 1.41. The summed E-state index contributed by atoms with van der Waals surface area (Å²) in [6.07, 6.45) is 2.33. The predicted octanol–water partition coefficient (Wildman–Crippen LogP) is 4.15. The van der Waals surface area contributed by atoms with Gasteiger partial charge in [-0.05, 0) is 24.5 Å². The summed E-state index contributed by atoms with van der Waals surface area (Å²) < 4.78 is 0. The Labute approximate surface area is 115 Å². The molecule has 0 unspecified atom stereocenters. The Morgan fingerprint density at radius 1 is 1.00 bits per heavy atom. The first-order valence-corrected chi connectivity index (χ1v) is 6.58. The lowest BCUT2D eigenvalue weighted by Gasteiger charge is -2.33. The van der Waals surface area contributed by atoms with Crippen LogP contribution in [0.2, 0.25) is 0 Å². The standard InChI is InChI=1S/C18H20O/c1-3-14-18(2,19)17(15-10-6-4-7-11-15)16-12-8-5-9-13-16/h3-13,17,19H,1,14H2,2H3/t18-/m0/s1. The van der Waals surface area contributed by atoms with Crippen LogP contribution in [0.3, 0.4) is 0 Å². The highest BCUT2D eigenvalue weighted by atomic mass is 16.3.